The Morgan fingerprint density at radius 1 is 1.55 bits per heavy atom. The molecule has 0 aromatic heterocycles. The summed E-state index contributed by atoms with van der Waals surface area (Å²) in [6, 6.07) is 0. The summed E-state index contributed by atoms with van der Waals surface area (Å²) in [5, 5.41) is 18.2. The summed E-state index contributed by atoms with van der Waals surface area (Å²) in [5.74, 6) is 0. The number of hydrogen-bond acceptors (Lipinski definition) is 3. The Morgan fingerprint density at radius 3 is 2.55 bits per heavy atom. The molecule has 2 N–H and O–H groups in total. The first-order valence-electron chi connectivity index (χ1n) is 3.87. The Labute approximate surface area is 65.3 Å². The summed E-state index contributed by atoms with van der Waals surface area (Å²) in [6.45, 7) is 0.0738. The molecule has 1 saturated carbocycles. The van der Waals surface area contributed by atoms with E-state index in [1.807, 2.05) is 0 Å². The van der Waals surface area contributed by atoms with Gasteiger partial charge in [-0.05, 0) is 12.0 Å². The van der Waals surface area contributed by atoms with Gasteiger partial charge in [-0.1, -0.05) is 0 Å². The lowest BCUT2D eigenvalue weighted by Crippen LogP contribution is -2.31. The van der Waals surface area contributed by atoms with E-state index in [-0.39, 0.29) is 24.7 Å². The molecule has 3 nitrogen and oxygen atoms in total. The van der Waals surface area contributed by atoms with Gasteiger partial charge in [-0.3, -0.25) is 0 Å². The molecular formula is C8H12O3. The van der Waals surface area contributed by atoms with Crippen molar-refractivity contribution in [2.45, 2.75) is 18.9 Å². The maximum Gasteiger partial charge on any atom is 0.103 e. The first kappa shape index (κ1) is 7.13. The first-order chi connectivity index (χ1) is 5.30. The van der Waals surface area contributed by atoms with Crippen LogP contribution in [0.5, 0.6) is 0 Å². The maximum absolute atomic E-state index is 9.08. The predicted octanol–water partition coefficient (Wildman–Crippen LogP) is 0.0339. The van der Waals surface area contributed by atoms with Gasteiger partial charge < -0.3 is 14.9 Å². The van der Waals surface area contributed by atoms with Gasteiger partial charge in [0, 0.05) is 11.8 Å². The van der Waals surface area contributed by atoms with Crippen LogP contribution in [0, 0.1) is 5.41 Å². The number of ether oxygens (including phenoxy) is 1. The van der Waals surface area contributed by atoms with Gasteiger partial charge in [-0.25, -0.2) is 0 Å². The van der Waals surface area contributed by atoms with Crippen LogP contribution in [0.4, 0.5) is 0 Å². The van der Waals surface area contributed by atoms with Crippen molar-refractivity contribution in [2.24, 2.45) is 5.41 Å². The molecule has 1 fully saturated rings. The van der Waals surface area contributed by atoms with E-state index < -0.39 is 0 Å². The monoisotopic (exact) mass is 156 g/mol. The van der Waals surface area contributed by atoms with E-state index >= 15 is 0 Å². The Balaban J connectivity index is 2.26. The molecular weight excluding hydrogens is 144 g/mol. The highest BCUT2D eigenvalue weighted by molar-refractivity contribution is 5.24. The van der Waals surface area contributed by atoms with Crippen molar-refractivity contribution in [1.82, 2.24) is 0 Å². The third-order valence-corrected chi connectivity index (χ3v) is 2.76. The minimum absolute atomic E-state index is 0.0369. The summed E-state index contributed by atoms with van der Waals surface area (Å²) in [6.07, 6.45) is 3.57. The van der Waals surface area contributed by atoms with Crippen LogP contribution in [0.1, 0.15) is 12.8 Å². The van der Waals surface area contributed by atoms with Crippen LogP contribution < -0.4 is 0 Å². The molecule has 3 heteroatoms. The molecule has 0 saturated heterocycles. The van der Waals surface area contributed by atoms with Crippen molar-refractivity contribution in [3.8, 4) is 0 Å². The van der Waals surface area contributed by atoms with Gasteiger partial charge in [-0.15, -0.1) is 0 Å². The normalized spacial score (nSPS) is 31.8. The third-order valence-electron chi connectivity index (χ3n) is 2.76. The van der Waals surface area contributed by atoms with Crippen molar-refractivity contribution in [3.63, 3.8) is 0 Å². The Kier molecular flexibility index (Phi) is 1.44. The standard InChI is InChI=1S/C8H12O3/c9-4-8(5-10)2-7-1-6(8)3-11-7/h3,7,9-10H,1-2,4-5H2. The molecule has 0 aromatic rings. The van der Waals surface area contributed by atoms with Gasteiger partial charge in [0.25, 0.3) is 0 Å². The van der Waals surface area contributed by atoms with Crippen molar-refractivity contribution < 1.29 is 14.9 Å². The number of aliphatic hydroxyl groups excluding tert-OH is 2. The zero-order valence-electron chi connectivity index (χ0n) is 6.29. The van der Waals surface area contributed by atoms with Gasteiger partial charge in [-0.2, -0.15) is 0 Å². The van der Waals surface area contributed by atoms with Crippen LogP contribution >= 0.6 is 0 Å². The number of hydrogen-bond donors (Lipinski definition) is 2. The molecule has 1 heterocycles. The Hall–Kier alpha value is -0.540. The summed E-state index contributed by atoms with van der Waals surface area (Å²) < 4.78 is 5.23. The molecule has 0 spiro atoms. The fraction of sp³-hybridized carbons (Fsp3) is 0.750. The van der Waals surface area contributed by atoms with E-state index in [4.69, 9.17) is 14.9 Å². The second-order valence-corrected chi connectivity index (χ2v) is 3.41. The molecule has 1 unspecified atom stereocenters. The van der Waals surface area contributed by atoms with E-state index in [0.29, 0.717) is 0 Å². The van der Waals surface area contributed by atoms with Crippen LogP contribution in [0.25, 0.3) is 0 Å². The third kappa shape index (κ3) is 0.812. The Bertz CT molecular complexity index is 194. The van der Waals surface area contributed by atoms with Crippen molar-refractivity contribution in [1.29, 1.82) is 0 Å². The highest BCUT2D eigenvalue weighted by Gasteiger charge is 2.46. The number of fused-ring (bicyclic) bond motifs is 2. The van der Waals surface area contributed by atoms with Crippen LogP contribution in [0.15, 0.2) is 11.8 Å². The maximum atomic E-state index is 9.08. The van der Waals surface area contributed by atoms with Crippen LogP contribution in [-0.4, -0.2) is 29.5 Å². The highest BCUT2D eigenvalue weighted by Crippen LogP contribution is 2.47. The van der Waals surface area contributed by atoms with Gasteiger partial charge in [0.05, 0.1) is 19.5 Å². The fourth-order valence-corrected chi connectivity index (χ4v) is 1.93. The predicted molar refractivity (Wildman–Crippen MR) is 38.8 cm³/mol. The molecule has 1 aliphatic heterocycles. The molecule has 0 aromatic carbocycles. The summed E-state index contributed by atoms with van der Waals surface area (Å²) in [4.78, 5) is 0. The number of aliphatic hydroxyl groups is 2. The van der Waals surface area contributed by atoms with E-state index in [0.717, 1.165) is 18.4 Å². The second-order valence-electron chi connectivity index (χ2n) is 3.41. The molecule has 2 bridgehead atoms. The second kappa shape index (κ2) is 2.22. The first-order valence-corrected chi connectivity index (χ1v) is 3.87. The zero-order valence-corrected chi connectivity index (χ0v) is 6.29. The van der Waals surface area contributed by atoms with Crippen molar-refractivity contribution in [3.05, 3.63) is 11.8 Å². The molecule has 11 heavy (non-hydrogen) atoms. The summed E-state index contributed by atoms with van der Waals surface area (Å²) in [7, 11) is 0. The molecule has 1 atom stereocenters. The lowest BCUT2D eigenvalue weighted by Gasteiger charge is -2.28. The van der Waals surface area contributed by atoms with Gasteiger partial charge in [0.1, 0.15) is 6.10 Å². The minimum atomic E-state index is -0.358. The highest BCUT2D eigenvalue weighted by atomic mass is 16.5. The minimum Gasteiger partial charge on any atom is -0.498 e. The molecule has 0 amide bonds. The van der Waals surface area contributed by atoms with Crippen molar-refractivity contribution in [2.75, 3.05) is 13.2 Å². The van der Waals surface area contributed by atoms with Gasteiger partial charge in [0.2, 0.25) is 0 Å². The summed E-state index contributed by atoms with van der Waals surface area (Å²) >= 11 is 0. The van der Waals surface area contributed by atoms with E-state index in [9.17, 15) is 0 Å². The number of rotatable bonds is 2. The summed E-state index contributed by atoms with van der Waals surface area (Å²) in [5.41, 5.74) is 0.718. The molecule has 1 aliphatic carbocycles. The van der Waals surface area contributed by atoms with E-state index in [1.165, 1.54) is 0 Å². The Morgan fingerprint density at radius 2 is 2.27 bits per heavy atom. The quantitative estimate of drug-likeness (QED) is 0.593. The van der Waals surface area contributed by atoms with Crippen LogP contribution in [-0.2, 0) is 4.74 Å². The lowest BCUT2D eigenvalue weighted by molar-refractivity contribution is 0.0434. The van der Waals surface area contributed by atoms with Crippen LogP contribution in [0.2, 0.25) is 0 Å². The van der Waals surface area contributed by atoms with Gasteiger partial charge >= 0.3 is 0 Å². The fourth-order valence-electron chi connectivity index (χ4n) is 1.93. The average Bonchev–Trinajstić information content (AvgIpc) is 2.62. The smallest absolute Gasteiger partial charge is 0.103 e. The van der Waals surface area contributed by atoms with Crippen molar-refractivity contribution >= 4 is 0 Å². The molecule has 0 radical (unpaired) electrons. The lowest BCUT2D eigenvalue weighted by atomic mass is 9.84. The molecule has 2 aliphatic rings. The molecule has 2 rings (SSSR count). The zero-order chi connectivity index (χ0) is 7.90. The largest absolute Gasteiger partial charge is 0.498 e. The van der Waals surface area contributed by atoms with Gasteiger partial charge in [0.15, 0.2) is 0 Å². The average molecular weight is 156 g/mol. The molecule has 62 valence electrons. The van der Waals surface area contributed by atoms with Crippen LogP contribution in [0.3, 0.4) is 0 Å². The van der Waals surface area contributed by atoms with E-state index in [2.05, 4.69) is 0 Å². The SMILES string of the molecule is OCC1(CO)CC2CC1=CO2. The topological polar surface area (TPSA) is 49.7 Å². The van der Waals surface area contributed by atoms with E-state index in [1.54, 1.807) is 6.26 Å².